The van der Waals surface area contributed by atoms with Gasteiger partial charge in [-0.1, -0.05) is 0 Å². The number of halogens is 2. The molecule has 22 heavy (non-hydrogen) atoms. The van der Waals surface area contributed by atoms with Crippen molar-refractivity contribution in [3.63, 3.8) is 0 Å². The number of sulfone groups is 1. The maximum absolute atomic E-state index is 12.7. The van der Waals surface area contributed by atoms with Crippen LogP contribution in [-0.4, -0.2) is 50.2 Å². The van der Waals surface area contributed by atoms with E-state index in [4.69, 9.17) is 0 Å². The first-order chi connectivity index (χ1) is 10.4. The largest absolute Gasteiger partial charge is 0.341 e. The van der Waals surface area contributed by atoms with Gasteiger partial charge in [-0.15, -0.1) is 11.3 Å². The predicted octanol–water partition coefficient (Wildman–Crippen LogP) is 1.71. The van der Waals surface area contributed by atoms with Crippen LogP contribution in [0.4, 0.5) is 8.78 Å². The van der Waals surface area contributed by atoms with E-state index in [9.17, 15) is 22.0 Å². The lowest BCUT2D eigenvalue weighted by atomic mass is 10.1. The molecule has 0 saturated carbocycles. The van der Waals surface area contributed by atoms with Crippen molar-refractivity contribution in [2.75, 3.05) is 13.1 Å². The number of carbonyl (C=O) groups excluding carboxylic acids is 1. The molecule has 2 bridgehead atoms. The summed E-state index contributed by atoms with van der Waals surface area (Å²) in [4.78, 5) is 13.5. The second-order valence-electron chi connectivity index (χ2n) is 5.60. The highest BCUT2D eigenvalue weighted by atomic mass is 32.2. The number of fused-ring (bicyclic) bond motifs is 2. The molecule has 2 fully saturated rings. The third kappa shape index (κ3) is 2.77. The van der Waals surface area contributed by atoms with Gasteiger partial charge in [-0.25, -0.2) is 8.42 Å². The van der Waals surface area contributed by atoms with Crippen LogP contribution in [0, 0.1) is 0 Å². The average molecular weight is 350 g/mol. The Morgan fingerprint density at radius 1 is 1.32 bits per heavy atom. The number of rotatable bonds is 3. The Balaban J connectivity index is 1.86. The van der Waals surface area contributed by atoms with Crippen LogP contribution in [0.15, 0.2) is 16.3 Å². The van der Waals surface area contributed by atoms with Crippen LogP contribution >= 0.6 is 11.3 Å². The van der Waals surface area contributed by atoms with Crippen molar-refractivity contribution in [1.29, 1.82) is 0 Å². The van der Waals surface area contributed by atoms with Crippen molar-refractivity contribution in [2.45, 2.75) is 42.0 Å². The van der Waals surface area contributed by atoms with Gasteiger partial charge in [0, 0.05) is 25.2 Å². The molecule has 1 amide bonds. The van der Waals surface area contributed by atoms with E-state index in [1.165, 1.54) is 5.38 Å². The van der Waals surface area contributed by atoms with Crippen LogP contribution in [-0.2, 0) is 9.84 Å². The van der Waals surface area contributed by atoms with Gasteiger partial charge in [0.1, 0.15) is 4.88 Å². The van der Waals surface area contributed by atoms with Crippen LogP contribution in [0.2, 0.25) is 0 Å². The highest BCUT2D eigenvalue weighted by molar-refractivity contribution is 7.92. The lowest BCUT2D eigenvalue weighted by Gasteiger charge is -2.24. The summed E-state index contributed by atoms with van der Waals surface area (Å²) in [5.41, 5.74) is 0. The molecule has 5 nitrogen and oxygen atoms in total. The van der Waals surface area contributed by atoms with Crippen LogP contribution in [0.3, 0.4) is 0 Å². The minimum absolute atomic E-state index is 0.113. The molecule has 2 saturated heterocycles. The quantitative estimate of drug-likeness (QED) is 0.901. The molecular formula is C13H16F2N2O3S2. The van der Waals surface area contributed by atoms with Crippen LogP contribution in [0.1, 0.15) is 28.9 Å². The molecule has 2 aliphatic heterocycles. The first kappa shape index (κ1) is 15.8. The molecule has 1 aromatic heterocycles. The highest BCUT2D eigenvalue weighted by Crippen LogP contribution is 2.29. The Labute approximate surface area is 131 Å². The maximum atomic E-state index is 12.7. The number of hydrogen-bond donors (Lipinski definition) is 1. The summed E-state index contributed by atoms with van der Waals surface area (Å²) in [5.74, 6) is -3.99. The highest BCUT2D eigenvalue weighted by Gasteiger charge is 2.36. The van der Waals surface area contributed by atoms with E-state index in [2.05, 4.69) is 5.32 Å². The van der Waals surface area contributed by atoms with E-state index in [-0.39, 0.29) is 10.9 Å². The molecule has 9 heteroatoms. The Kier molecular flexibility index (Phi) is 4.21. The van der Waals surface area contributed by atoms with Crippen LogP contribution in [0.5, 0.6) is 0 Å². The molecule has 0 aliphatic carbocycles. The van der Waals surface area contributed by atoms with E-state index >= 15 is 0 Å². The number of likely N-dealkylation sites (tertiary alicyclic amines) is 1. The van der Waals surface area contributed by atoms with Gasteiger partial charge < -0.3 is 10.2 Å². The van der Waals surface area contributed by atoms with Gasteiger partial charge >= 0.3 is 5.76 Å². The molecule has 0 aromatic carbocycles. The Morgan fingerprint density at radius 2 is 2.05 bits per heavy atom. The van der Waals surface area contributed by atoms with Crippen molar-refractivity contribution in [3.8, 4) is 0 Å². The number of carbonyl (C=O) groups is 1. The van der Waals surface area contributed by atoms with E-state index < -0.39 is 26.4 Å². The normalized spacial score (nSPS) is 25.5. The lowest BCUT2D eigenvalue weighted by molar-refractivity contribution is 0.0749. The third-order valence-electron chi connectivity index (χ3n) is 4.17. The van der Waals surface area contributed by atoms with Crippen LogP contribution in [0.25, 0.3) is 0 Å². The van der Waals surface area contributed by atoms with Crippen LogP contribution < -0.4 is 5.32 Å². The van der Waals surface area contributed by atoms with Crippen molar-refractivity contribution in [2.24, 2.45) is 0 Å². The number of amides is 1. The van der Waals surface area contributed by atoms with Gasteiger partial charge in [0.05, 0.1) is 4.90 Å². The van der Waals surface area contributed by atoms with Crippen molar-refractivity contribution in [1.82, 2.24) is 10.2 Å². The summed E-state index contributed by atoms with van der Waals surface area (Å²) < 4.78 is 48.8. The molecule has 2 unspecified atom stereocenters. The van der Waals surface area contributed by atoms with Gasteiger partial charge in [0.2, 0.25) is 9.84 Å². The van der Waals surface area contributed by atoms with Gasteiger partial charge in [0.25, 0.3) is 5.91 Å². The zero-order chi connectivity index (χ0) is 15.9. The molecule has 3 rings (SSSR count). The number of alkyl halides is 2. The number of nitrogens with zero attached hydrogens (tertiary/aromatic N) is 1. The van der Waals surface area contributed by atoms with E-state index in [1.807, 2.05) is 0 Å². The summed E-state index contributed by atoms with van der Waals surface area (Å²) in [7, 11) is -4.75. The van der Waals surface area contributed by atoms with Crippen molar-refractivity contribution >= 4 is 27.1 Å². The minimum Gasteiger partial charge on any atom is -0.336 e. The summed E-state index contributed by atoms with van der Waals surface area (Å²) >= 11 is 0.898. The summed E-state index contributed by atoms with van der Waals surface area (Å²) in [6.07, 6.45) is 2.85. The molecule has 1 aromatic rings. The minimum atomic E-state index is -4.75. The van der Waals surface area contributed by atoms with E-state index in [0.717, 1.165) is 36.7 Å². The first-order valence-corrected chi connectivity index (χ1v) is 9.47. The van der Waals surface area contributed by atoms with Gasteiger partial charge in [-0.05, 0) is 30.7 Å². The second kappa shape index (κ2) is 5.86. The standard InChI is InChI=1S/C13H16F2N2O3S2/c14-13(15)22(19,20)10-4-6-21-11(10)12(18)17-5-3-8-1-2-9(7-17)16-8/h4,6,8-9,13,16H,1-3,5,7H2. The second-order valence-corrected chi connectivity index (χ2v) is 8.40. The Bertz CT molecular complexity index is 675. The fourth-order valence-corrected chi connectivity index (χ4v) is 5.17. The Hall–Kier alpha value is -1.06. The SMILES string of the molecule is O=C(c1sccc1S(=O)(=O)C(F)F)N1CCC2CCC(C1)N2. The smallest absolute Gasteiger partial charge is 0.336 e. The predicted molar refractivity (Wildman–Crippen MR) is 78.0 cm³/mol. The van der Waals surface area contributed by atoms with Crippen molar-refractivity contribution < 1.29 is 22.0 Å². The number of nitrogens with one attached hydrogen (secondary N) is 1. The number of thiophene rings is 1. The van der Waals surface area contributed by atoms with Gasteiger partial charge in [-0.3, -0.25) is 4.79 Å². The monoisotopic (exact) mass is 350 g/mol. The molecule has 2 aliphatic rings. The first-order valence-electron chi connectivity index (χ1n) is 7.04. The van der Waals surface area contributed by atoms with E-state index in [0.29, 0.717) is 19.1 Å². The molecular weight excluding hydrogens is 334 g/mol. The zero-order valence-electron chi connectivity index (χ0n) is 11.7. The van der Waals surface area contributed by atoms with Gasteiger partial charge in [0.15, 0.2) is 0 Å². The number of hydrogen-bond acceptors (Lipinski definition) is 5. The lowest BCUT2D eigenvalue weighted by Crippen LogP contribution is -2.39. The third-order valence-corrected chi connectivity index (χ3v) is 6.63. The molecule has 0 spiro atoms. The average Bonchev–Trinajstić information content (AvgIpc) is 3.05. The van der Waals surface area contributed by atoms with E-state index in [1.54, 1.807) is 4.90 Å². The molecule has 1 N–H and O–H groups in total. The maximum Gasteiger partial charge on any atom is 0.341 e. The fraction of sp³-hybridized carbons (Fsp3) is 0.615. The molecule has 122 valence electrons. The zero-order valence-corrected chi connectivity index (χ0v) is 13.3. The van der Waals surface area contributed by atoms with Gasteiger partial charge in [-0.2, -0.15) is 8.78 Å². The summed E-state index contributed by atoms with van der Waals surface area (Å²) in [5, 5.41) is 4.78. The Morgan fingerprint density at radius 3 is 2.77 bits per heavy atom. The summed E-state index contributed by atoms with van der Waals surface area (Å²) in [6.45, 7) is 1.00. The van der Waals surface area contributed by atoms with Crippen molar-refractivity contribution in [3.05, 3.63) is 16.3 Å². The molecule has 0 radical (unpaired) electrons. The molecule has 2 atom stereocenters. The topological polar surface area (TPSA) is 66.5 Å². The molecule has 3 heterocycles. The summed E-state index contributed by atoms with van der Waals surface area (Å²) in [6, 6.07) is 1.67. The fourth-order valence-electron chi connectivity index (χ4n) is 3.04.